The molecule has 3 aromatic rings. The number of benzene rings is 2. The third-order valence-electron chi connectivity index (χ3n) is 6.04. The van der Waals surface area contributed by atoms with E-state index < -0.39 is 35.7 Å². The third-order valence-corrected chi connectivity index (χ3v) is 6.04. The largest absolute Gasteiger partial charge is 0.507 e. The lowest BCUT2D eigenvalue weighted by molar-refractivity contribution is -0.153. The van der Waals surface area contributed by atoms with Crippen LogP contribution >= 0.6 is 0 Å². The molecule has 1 amide bonds. The van der Waals surface area contributed by atoms with Crippen molar-refractivity contribution in [3.63, 3.8) is 0 Å². The van der Waals surface area contributed by atoms with Crippen LogP contribution in [-0.4, -0.2) is 43.6 Å². The van der Waals surface area contributed by atoms with Gasteiger partial charge in [0.15, 0.2) is 23.0 Å². The van der Waals surface area contributed by atoms with Crippen LogP contribution in [0.4, 0.5) is 18.9 Å². The van der Waals surface area contributed by atoms with Gasteiger partial charge in [-0.3, -0.25) is 4.79 Å². The number of halogens is 3. The fourth-order valence-corrected chi connectivity index (χ4v) is 4.45. The number of fused-ring (bicyclic) bond motifs is 2. The summed E-state index contributed by atoms with van der Waals surface area (Å²) in [5.74, 6) is -2.23. The first-order valence-electron chi connectivity index (χ1n) is 10.7. The molecule has 1 atom stereocenters. The number of furan rings is 1. The molecule has 0 fully saturated rings. The van der Waals surface area contributed by atoms with Gasteiger partial charge in [-0.1, -0.05) is 0 Å². The third kappa shape index (κ3) is 3.48. The number of aliphatic hydroxyl groups is 1. The number of hydrogen-bond donors (Lipinski definition) is 2. The highest BCUT2D eigenvalue weighted by molar-refractivity contribution is 6.10. The molecule has 9 nitrogen and oxygen atoms in total. The first-order valence-corrected chi connectivity index (χ1v) is 10.7. The van der Waals surface area contributed by atoms with Crippen LogP contribution in [0.25, 0.3) is 0 Å². The van der Waals surface area contributed by atoms with Crippen molar-refractivity contribution in [1.82, 2.24) is 0 Å². The van der Waals surface area contributed by atoms with Crippen molar-refractivity contribution in [2.45, 2.75) is 18.3 Å². The summed E-state index contributed by atoms with van der Waals surface area (Å²) >= 11 is 0. The summed E-state index contributed by atoms with van der Waals surface area (Å²) in [4.78, 5) is 14.9. The minimum absolute atomic E-state index is 0.00179. The molecule has 36 heavy (non-hydrogen) atoms. The molecular formula is C24H20F3NO8. The number of amides is 1. The van der Waals surface area contributed by atoms with E-state index in [1.165, 1.54) is 38.5 Å². The average Bonchev–Trinajstić information content (AvgIpc) is 3.41. The lowest BCUT2D eigenvalue weighted by Crippen LogP contribution is -2.41. The molecule has 3 heterocycles. The van der Waals surface area contributed by atoms with Gasteiger partial charge in [-0.15, -0.1) is 0 Å². The van der Waals surface area contributed by atoms with Gasteiger partial charge in [-0.2, -0.15) is 13.2 Å². The molecule has 0 bridgehead atoms. The topological polar surface area (TPSA) is 111 Å². The quantitative estimate of drug-likeness (QED) is 0.540. The molecule has 2 aliphatic rings. The number of hydrogen-bond acceptors (Lipinski definition) is 8. The number of alkyl halides is 3. The Morgan fingerprint density at radius 1 is 1.06 bits per heavy atom. The zero-order chi connectivity index (χ0) is 25.8. The predicted molar refractivity (Wildman–Crippen MR) is 117 cm³/mol. The maximum Gasteiger partial charge on any atom is 0.449 e. The SMILES string of the molecule is COc1ccc2c(c1OC)C(O)(c1cc3c(cc1O)OCCO3)C(=O)N2Cc1ccc(C(F)(F)F)o1. The van der Waals surface area contributed by atoms with E-state index in [0.29, 0.717) is 0 Å². The molecule has 0 radical (unpaired) electrons. The maximum atomic E-state index is 13.8. The number of carbonyl (C=O) groups excluding carboxylic acids is 1. The zero-order valence-corrected chi connectivity index (χ0v) is 19.0. The Balaban J connectivity index is 1.68. The Bertz CT molecular complexity index is 1350. The summed E-state index contributed by atoms with van der Waals surface area (Å²) in [5.41, 5.74) is -2.69. The van der Waals surface area contributed by atoms with Crippen molar-refractivity contribution in [2.24, 2.45) is 0 Å². The highest BCUT2D eigenvalue weighted by atomic mass is 19.4. The first kappa shape index (κ1) is 23.7. The summed E-state index contributed by atoms with van der Waals surface area (Å²) in [6.07, 6.45) is -4.71. The van der Waals surface area contributed by atoms with E-state index in [0.717, 1.165) is 17.0 Å². The molecule has 5 rings (SSSR count). The van der Waals surface area contributed by atoms with Gasteiger partial charge in [0.2, 0.25) is 11.4 Å². The Morgan fingerprint density at radius 2 is 1.75 bits per heavy atom. The summed E-state index contributed by atoms with van der Waals surface area (Å²) in [6.45, 7) is 0.0220. The monoisotopic (exact) mass is 507 g/mol. The highest BCUT2D eigenvalue weighted by Crippen LogP contribution is 2.55. The number of phenolic OH excluding ortho intramolecular Hbond substituents is 1. The molecule has 12 heteroatoms. The van der Waals surface area contributed by atoms with Crippen molar-refractivity contribution in [3.8, 4) is 28.7 Å². The summed E-state index contributed by atoms with van der Waals surface area (Å²) in [6, 6.07) is 7.28. The average molecular weight is 507 g/mol. The van der Waals surface area contributed by atoms with Crippen LogP contribution in [-0.2, 0) is 23.1 Å². The van der Waals surface area contributed by atoms with E-state index in [2.05, 4.69) is 0 Å². The van der Waals surface area contributed by atoms with E-state index in [1.807, 2.05) is 0 Å². The first-order chi connectivity index (χ1) is 17.1. The predicted octanol–water partition coefficient (Wildman–Crippen LogP) is 3.58. The Kier molecular flexibility index (Phi) is 5.43. The van der Waals surface area contributed by atoms with Crippen molar-refractivity contribution in [2.75, 3.05) is 32.3 Å². The fraction of sp³-hybridized carbons (Fsp3) is 0.292. The van der Waals surface area contributed by atoms with Crippen LogP contribution in [0.3, 0.4) is 0 Å². The molecule has 190 valence electrons. The van der Waals surface area contributed by atoms with E-state index in [4.69, 9.17) is 23.4 Å². The van der Waals surface area contributed by atoms with E-state index >= 15 is 0 Å². The number of methoxy groups -OCH3 is 2. The second-order valence-corrected chi connectivity index (χ2v) is 8.07. The van der Waals surface area contributed by atoms with Gasteiger partial charge in [0.25, 0.3) is 5.91 Å². The van der Waals surface area contributed by atoms with Crippen molar-refractivity contribution >= 4 is 11.6 Å². The maximum absolute atomic E-state index is 13.8. The Morgan fingerprint density at radius 3 is 2.36 bits per heavy atom. The minimum atomic E-state index is -4.71. The number of carbonyl (C=O) groups is 1. The summed E-state index contributed by atoms with van der Waals surface area (Å²) in [5, 5.41) is 22.8. The number of rotatable bonds is 5. The van der Waals surface area contributed by atoms with Crippen LogP contribution in [0.15, 0.2) is 40.8 Å². The van der Waals surface area contributed by atoms with Crippen LogP contribution in [0, 0.1) is 0 Å². The van der Waals surface area contributed by atoms with Crippen molar-refractivity contribution in [3.05, 3.63) is 59.0 Å². The van der Waals surface area contributed by atoms with E-state index in [-0.39, 0.29) is 58.8 Å². The minimum Gasteiger partial charge on any atom is -0.507 e. The normalized spacial score (nSPS) is 18.8. The van der Waals surface area contributed by atoms with Crippen molar-refractivity contribution in [1.29, 1.82) is 0 Å². The van der Waals surface area contributed by atoms with Gasteiger partial charge in [-0.05, 0) is 30.3 Å². The van der Waals surface area contributed by atoms with Gasteiger partial charge >= 0.3 is 6.18 Å². The van der Waals surface area contributed by atoms with Gasteiger partial charge in [0.05, 0.1) is 32.0 Å². The summed E-state index contributed by atoms with van der Waals surface area (Å²) < 4.78 is 65.8. The Labute approximate surface area is 202 Å². The van der Waals surface area contributed by atoms with Crippen LogP contribution in [0.5, 0.6) is 28.7 Å². The summed E-state index contributed by atoms with van der Waals surface area (Å²) in [7, 11) is 2.67. The molecule has 2 N–H and O–H groups in total. The fourth-order valence-electron chi connectivity index (χ4n) is 4.45. The van der Waals surface area contributed by atoms with Gasteiger partial charge < -0.3 is 38.5 Å². The van der Waals surface area contributed by atoms with Crippen LogP contribution < -0.4 is 23.8 Å². The van der Waals surface area contributed by atoms with Gasteiger partial charge in [0, 0.05) is 11.6 Å². The molecule has 2 aliphatic heterocycles. The number of phenols is 1. The highest BCUT2D eigenvalue weighted by Gasteiger charge is 2.55. The van der Waals surface area contributed by atoms with Crippen LogP contribution in [0.2, 0.25) is 0 Å². The molecule has 1 aromatic heterocycles. The molecule has 0 saturated carbocycles. The number of ether oxygens (including phenoxy) is 4. The Hall–Kier alpha value is -4.06. The molecule has 1 unspecified atom stereocenters. The van der Waals surface area contributed by atoms with Crippen LogP contribution in [0.1, 0.15) is 22.6 Å². The molecule has 2 aromatic carbocycles. The van der Waals surface area contributed by atoms with Crippen molar-refractivity contribution < 1.29 is 51.5 Å². The number of nitrogens with zero attached hydrogens (tertiary/aromatic N) is 1. The van der Waals surface area contributed by atoms with Gasteiger partial charge in [-0.25, -0.2) is 0 Å². The molecule has 0 aliphatic carbocycles. The lowest BCUT2D eigenvalue weighted by Gasteiger charge is -2.27. The van der Waals surface area contributed by atoms with E-state index in [1.54, 1.807) is 0 Å². The molecular weight excluding hydrogens is 487 g/mol. The smallest absolute Gasteiger partial charge is 0.449 e. The zero-order valence-electron chi connectivity index (χ0n) is 19.0. The molecule has 0 spiro atoms. The number of aromatic hydroxyl groups is 1. The number of anilines is 1. The lowest BCUT2D eigenvalue weighted by atomic mass is 9.85. The van der Waals surface area contributed by atoms with E-state index in [9.17, 15) is 28.2 Å². The molecule has 0 saturated heterocycles. The van der Waals surface area contributed by atoms with Gasteiger partial charge in [0.1, 0.15) is 24.7 Å². The second kappa shape index (κ2) is 8.26. The second-order valence-electron chi connectivity index (χ2n) is 8.07. The standard InChI is InChI=1S/C24H20F3NO8/c1-32-16-5-4-14-20(21(16)33-2)23(31,13-9-17-18(10-15(13)29)35-8-7-34-17)22(30)28(14)11-12-3-6-19(36-12)24(25,26)27/h3-6,9-10,29,31H,7-8,11H2,1-2H3.